The summed E-state index contributed by atoms with van der Waals surface area (Å²) < 4.78 is 0. The molecule has 2 aliphatic heterocycles. The van der Waals surface area contributed by atoms with Crippen LogP contribution in [0.1, 0.15) is 39.0 Å². The molecule has 0 aromatic heterocycles. The van der Waals surface area contributed by atoms with Crippen LogP contribution in [-0.2, 0) is 4.79 Å². The smallest absolute Gasteiger partial charge is 0.239 e. The Morgan fingerprint density at radius 2 is 2.06 bits per heavy atom. The van der Waals surface area contributed by atoms with Gasteiger partial charge in [0.2, 0.25) is 5.91 Å². The quantitative estimate of drug-likeness (QED) is 0.814. The Hall–Kier alpha value is -0.610. The number of amides is 1. The first kappa shape index (κ1) is 13.8. The van der Waals surface area contributed by atoms with E-state index in [4.69, 9.17) is 0 Å². The molecule has 104 valence electrons. The van der Waals surface area contributed by atoms with E-state index in [1.54, 1.807) is 0 Å². The number of rotatable bonds is 4. The lowest BCUT2D eigenvalue weighted by molar-refractivity contribution is -0.136. The molecule has 0 spiro atoms. The second-order valence-corrected chi connectivity index (χ2v) is 5.79. The van der Waals surface area contributed by atoms with Crippen molar-refractivity contribution in [2.75, 3.05) is 33.2 Å². The summed E-state index contributed by atoms with van der Waals surface area (Å²) in [4.78, 5) is 16.6. The Morgan fingerprint density at radius 1 is 1.33 bits per heavy atom. The minimum atomic E-state index is 0.0190. The zero-order chi connectivity index (χ0) is 13.0. The summed E-state index contributed by atoms with van der Waals surface area (Å²) in [5.74, 6) is 0.315. The van der Waals surface area contributed by atoms with Gasteiger partial charge in [0.15, 0.2) is 0 Å². The molecule has 0 aliphatic carbocycles. The number of nitrogens with one attached hydrogen (secondary N) is 1. The summed E-state index contributed by atoms with van der Waals surface area (Å²) in [6, 6.07) is 0.595. The van der Waals surface area contributed by atoms with Gasteiger partial charge in [-0.15, -0.1) is 0 Å². The lowest BCUT2D eigenvalue weighted by atomic mass is 10.1. The molecule has 18 heavy (non-hydrogen) atoms. The van der Waals surface area contributed by atoms with Crippen LogP contribution in [0, 0.1) is 0 Å². The second-order valence-electron chi connectivity index (χ2n) is 5.79. The van der Waals surface area contributed by atoms with Gasteiger partial charge in [-0.1, -0.05) is 0 Å². The Morgan fingerprint density at radius 3 is 2.67 bits per heavy atom. The first-order valence-corrected chi connectivity index (χ1v) is 7.41. The van der Waals surface area contributed by atoms with Gasteiger partial charge in [0.1, 0.15) is 0 Å². The number of carbonyl (C=O) groups excluding carboxylic acids is 1. The second kappa shape index (κ2) is 6.53. The van der Waals surface area contributed by atoms with Crippen LogP contribution in [0.3, 0.4) is 0 Å². The molecule has 4 heteroatoms. The van der Waals surface area contributed by atoms with E-state index in [2.05, 4.69) is 17.3 Å². The van der Waals surface area contributed by atoms with Gasteiger partial charge < -0.3 is 10.2 Å². The van der Waals surface area contributed by atoms with Crippen LogP contribution < -0.4 is 5.32 Å². The molecule has 2 aliphatic rings. The van der Waals surface area contributed by atoms with Crippen molar-refractivity contribution in [1.82, 2.24) is 15.1 Å². The SMILES string of the molecule is CC(C(=O)N1CCCCC1)N(C)CC1CCCN1. The van der Waals surface area contributed by atoms with Crippen LogP contribution in [0.15, 0.2) is 0 Å². The molecule has 0 radical (unpaired) electrons. The molecule has 1 amide bonds. The monoisotopic (exact) mass is 253 g/mol. The van der Waals surface area contributed by atoms with Gasteiger partial charge in [0.25, 0.3) is 0 Å². The van der Waals surface area contributed by atoms with Gasteiger partial charge in [-0.25, -0.2) is 0 Å². The highest BCUT2D eigenvalue weighted by Crippen LogP contribution is 2.13. The molecule has 0 bridgehead atoms. The third kappa shape index (κ3) is 3.45. The third-order valence-electron chi connectivity index (χ3n) is 4.36. The van der Waals surface area contributed by atoms with E-state index in [0.29, 0.717) is 11.9 Å². The number of piperidine rings is 1. The fourth-order valence-corrected chi connectivity index (χ4v) is 2.99. The maximum Gasteiger partial charge on any atom is 0.239 e. The number of hydrogen-bond acceptors (Lipinski definition) is 3. The molecule has 4 nitrogen and oxygen atoms in total. The summed E-state index contributed by atoms with van der Waals surface area (Å²) in [6.45, 7) is 6.08. The zero-order valence-corrected chi connectivity index (χ0v) is 11.8. The van der Waals surface area contributed by atoms with Crippen molar-refractivity contribution in [2.24, 2.45) is 0 Å². The molecule has 1 N–H and O–H groups in total. The molecule has 2 saturated heterocycles. The zero-order valence-electron chi connectivity index (χ0n) is 11.8. The highest BCUT2D eigenvalue weighted by molar-refractivity contribution is 5.81. The van der Waals surface area contributed by atoms with Crippen LogP contribution in [0.2, 0.25) is 0 Å². The standard InChI is InChI=1S/C14H27N3O/c1-12(14(18)17-9-4-3-5-10-17)16(2)11-13-7-6-8-15-13/h12-13,15H,3-11H2,1-2H3. The van der Waals surface area contributed by atoms with E-state index < -0.39 is 0 Å². The van der Waals surface area contributed by atoms with Crippen molar-refractivity contribution in [2.45, 2.75) is 51.1 Å². The number of likely N-dealkylation sites (tertiary alicyclic amines) is 1. The van der Waals surface area contributed by atoms with E-state index >= 15 is 0 Å². The van der Waals surface area contributed by atoms with Crippen LogP contribution >= 0.6 is 0 Å². The molecule has 2 atom stereocenters. The van der Waals surface area contributed by atoms with Gasteiger partial charge in [0, 0.05) is 25.7 Å². The predicted molar refractivity (Wildman–Crippen MR) is 73.5 cm³/mol. The molecule has 2 rings (SSSR count). The topological polar surface area (TPSA) is 35.6 Å². The van der Waals surface area contributed by atoms with Crippen molar-refractivity contribution in [3.05, 3.63) is 0 Å². The van der Waals surface area contributed by atoms with Gasteiger partial charge in [0.05, 0.1) is 6.04 Å². The van der Waals surface area contributed by atoms with Gasteiger partial charge >= 0.3 is 0 Å². The van der Waals surface area contributed by atoms with Crippen molar-refractivity contribution >= 4 is 5.91 Å². The fourth-order valence-electron chi connectivity index (χ4n) is 2.99. The molecule has 2 fully saturated rings. The fraction of sp³-hybridized carbons (Fsp3) is 0.929. The number of likely N-dealkylation sites (N-methyl/N-ethyl adjacent to an activating group) is 1. The molecule has 0 aromatic carbocycles. The van der Waals surface area contributed by atoms with Crippen LogP contribution in [0.25, 0.3) is 0 Å². The lowest BCUT2D eigenvalue weighted by Crippen LogP contribution is -2.50. The van der Waals surface area contributed by atoms with E-state index in [9.17, 15) is 4.79 Å². The normalized spacial score (nSPS) is 26.6. The van der Waals surface area contributed by atoms with E-state index in [1.165, 1.54) is 32.1 Å². The van der Waals surface area contributed by atoms with Crippen LogP contribution in [-0.4, -0.2) is 61.0 Å². The van der Waals surface area contributed by atoms with Crippen LogP contribution in [0.5, 0.6) is 0 Å². The average molecular weight is 253 g/mol. The first-order chi connectivity index (χ1) is 8.68. The van der Waals surface area contributed by atoms with Gasteiger partial charge in [-0.05, 0) is 52.6 Å². The van der Waals surface area contributed by atoms with E-state index in [0.717, 1.165) is 26.2 Å². The van der Waals surface area contributed by atoms with Crippen molar-refractivity contribution in [1.29, 1.82) is 0 Å². The minimum Gasteiger partial charge on any atom is -0.341 e. The van der Waals surface area contributed by atoms with Gasteiger partial charge in [-0.3, -0.25) is 9.69 Å². The number of carbonyl (C=O) groups is 1. The third-order valence-corrected chi connectivity index (χ3v) is 4.36. The average Bonchev–Trinajstić information content (AvgIpc) is 2.91. The highest BCUT2D eigenvalue weighted by atomic mass is 16.2. The van der Waals surface area contributed by atoms with Crippen LogP contribution in [0.4, 0.5) is 0 Å². The molecular weight excluding hydrogens is 226 g/mol. The first-order valence-electron chi connectivity index (χ1n) is 7.41. The Balaban J connectivity index is 1.80. The molecule has 0 saturated carbocycles. The van der Waals surface area contributed by atoms with Crippen molar-refractivity contribution in [3.63, 3.8) is 0 Å². The Labute approximate surface area is 111 Å². The summed E-state index contributed by atoms with van der Waals surface area (Å²) >= 11 is 0. The summed E-state index contributed by atoms with van der Waals surface area (Å²) in [6.07, 6.45) is 6.14. The summed E-state index contributed by atoms with van der Waals surface area (Å²) in [5, 5.41) is 3.49. The molecular formula is C14H27N3O. The lowest BCUT2D eigenvalue weighted by Gasteiger charge is -2.33. The summed E-state index contributed by atoms with van der Waals surface area (Å²) in [7, 11) is 2.08. The number of hydrogen-bond donors (Lipinski definition) is 1. The van der Waals surface area contributed by atoms with Crippen molar-refractivity contribution < 1.29 is 4.79 Å². The number of nitrogens with zero attached hydrogens (tertiary/aromatic N) is 2. The molecule has 0 aromatic rings. The highest BCUT2D eigenvalue weighted by Gasteiger charge is 2.26. The van der Waals surface area contributed by atoms with Crippen molar-refractivity contribution in [3.8, 4) is 0 Å². The largest absolute Gasteiger partial charge is 0.341 e. The molecule has 2 heterocycles. The summed E-state index contributed by atoms with van der Waals surface area (Å²) in [5.41, 5.74) is 0. The Kier molecular flexibility index (Phi) is 5.01. The maximum atomic E-state index is 12.4. The van der Waals surface area contributed by atoms with E-state index in [1.807, 2.05) is 11.8 Å². The van der Waals surface area contributed by atoms with Gasteiger partial charge in [-0.2, -0.15) is 0 Å². The predicted octanol–water partition coefficient (Wildman–Crippen LogP) is 1.07. The minimum absolute atomic E-state index is 0.0190. The molecule has 2 unspecified atom stereocenters. The maximum absolute atomic E-state index is 12.4. The van der Waals surface area contributed by atoms with E-state index in [-0.39, 0.29) is 6.04 Å². The Bertz CT molecular complexity index is 270.